The number of hydrogen-bond donors (Lipinski definition) is 2. The highest BCUT2D eigenvalue weighted by Crippen LogP contribution is 2.31. The molecule has 2 rings (SSSR count). The maximum atomic E-state index is 11.7. The Morgan fingerprint density at radius 2 is 1.83 bits per heavy atom. The summed E-state index contributed by atoms with van der Waals surface area (Å²) in [6.45, 7) is 4.80. The first-order valence-corrected chi connectivity index (χ1v) is 7.95. The van der Waals surface area contributed by atoms with Crippen molar-refractivity contribution in [3.8, 4) is 17.2 Å². The molecule has 0 aliphatic rings. The summed E-state index contributed by atoms with van der Waals surface area (Å²) in [5.74, 6) is -0.356. The van der Waals surface area contributed by atoms with Crippen LogP contribution in [0.2, 0.25) is 0 Å². The van der Waals surface area contributed by atoms with E-state index in [-0.39, 0.29) is 12.2 Å². The summed E-state index contributed by atoms with van der Waals surface area (Å²) >= 11 is 0. The second kappa shape index (κ2) is 8.24. The quantitative estimate of drug-likeness (QED) is 0.773. The Balaban J connectivity index is 2.33. The topological polar surface area (TPSA) is 76.0 Å². The number of hydrogen-bond acceptors (Lipinski definition) is 4. The highest BCUT2D eigenvalue weighted by atomic mass is 16.5. The van der Waals surface area contributed by atoms with Crippen LogP contribution in [-0.4, -0.2) is 29.4 Å². The van der Waals surface area contributed by atoms with Crippen LogP contribution in [0.25, 0.3) is 0 Å². The zero-order valence-corrected chi connectivity index (χ0v) is 13.9. The molecule has 0 fully saturated rings. The molecule has 5 heteroatoms. The summed E-state index contributed by atoms with van der Waals surface area (Å²) in [5, 5.41) is 19.2. The molecule has 0 aliphatic heterocycles. The van der Waals surface area contributed by atoms with Crippen LogP contribution in [0.4, 0.5) is 0 Å². The van der Waals surface area contributed by atoms with Gasteiger partial charge in [-0.05, 0) is 49.6 Å². The van der Waals surface area contributed by atoms with Gasteiger partial charge in [0.2, 0.25) is 0 Å². The Morgan fingerprint density at radius 1 is 1.08 bits per heavy atom. The lowest BCUT2D eigenvalue weighted by molar-refractivity contribution is -0.138. The van der Waals surface area contributed by atoms with E-state index >= 15 is 0 Å². The Hall–Kier alpha value is -2.69. The van der Waals surface area contributed by atoms with Crippen LogP contribution in [0.5, 0.6) is 17.2 Å². The molecule has 1 atom stereocenters. The molecular formula is C19H22O5. The molecule has 0 saturated heterocycles. The summed E-state index contributed by atoms with van der Waals surface area (Å²) in [6.07, 6.45) is 0.264. The lowest BCUT2D eigenvalue weighted by atomic mass is 9.91. The van der Waals surface area contributed by atoms with Gasteiger partial charge < -0.3 is 19.7 Å². The number of rotatable bonds is 8. The second-order valence-corrected chi connectivity index (χ2v) is 5.33. The van der Waals surface area contributed by atoms with E-state index in [2.05, 4.69) is 0 Å². The lowest BCUT2D eigenvalue weighted by Gasteiger charge is -2.17. The summed E-state index contributed by atoms with van der Waals surface area (Å²) in [5.41, 5.74) is 1.34. The van der Waals surface area contributed by atoms with Crippen molar-refractivity contribution in [1.82, 2.24) is 0 Å². The summed E-state index contributed by atoms with van der Waals surface area (Å²) in [4.78, 5) is 11.7. The van der Waals surface area contributed by atoms with E-state index in [1.165, 1.54) is 12.1 Å². The van der Waals surface area contributed by atoms with Crippen molar-refractivity contribution in [3.05, 3.63) is 53.6 Å². The molecule has 0 bridgehead atoms. The molecule has 2 aromatic rings. The molecule has 0 heterocycles. The van der Waals surface area contributed by atoms with E-state index < -0.39 is 11.9 Å². The first-order valence-electron chi connectivity index (χ1n) is 7.95. The predicted octanol–water partition coefficient (Wildman–Crippen LogP) is 3.60. The van der Waals surface area contributed by atoms with Crippen LogP contribution >= 0.6 is 0 Å². The number of aromatic hydroxyl groups is 1. The van der Waals surface area contributed by atoms with Crippen molar-refractivity contribution in [2.75, 3.05) is 13.2 Å². The normalized spacial score (nSPS) is 11.8. The van der Waals surface area contributed by atoms with Crippen LogP contribution in [0.15, 0.2) is 42.5 Å². The number of carboxylic acids is 1. The summed E-state index contributed by atoms with van der Waals surface area (Å²) in [7, 11) is 0. The smallest absolute Gasteiger partial charge is 0.311 e. The molecule has 24 heavy (non-hydrogen) atoms. The standard InChI is InChI=1S/C19H22O5/c1-3-23-16-9-8-14(18(12-16)24-4-2)11-17(19(21)22)13-6-5-7-15(20)10-13/h5-10,12,17,20H,3-4,11H2,1-2H3,(H,21,22). The SMILES string of the molecule is CCOc1ccc(CC(C(=O)O)c2cccc(O)c2)c(OCC)c1. The highest BCUT2D eigenvalue weighted by Gasteiger charge is 2.22. The molecule has 5 nitrogen and oxygen atoms in total. The molecule has 0 amide bonds. The third-order valence-electron chi connectivity index (χ3n) is 3.64. The van der Waals surface area contributed by atoms with Gasteiger partial charge in [0.05, 0.1) is 19.1 Å². The van der Waals surface area contributed by atoms with E-state index in [1.807, 2.05) is 26.0 Å². The first-order chi connectivity index (χ1) is 11.5. The van der Waals surface area contributed by atoms with Crippen molar-refractivity contribution >= 4 is 5.97 Å². The predicted molar refractivity (Wildman–Crippen MR) is 91.0 cm³/mol. The van der Waals surface area contributed by atoms with Gasteiger partial charge in [0, 0.05) is 6.07 Å². The average molecular weight is 330 g/mol. The number of carbonyl (C=O) groups is 1. The monoisotopic (exact) mass is 330 g/mol. The molecule has 2 aromatic carbocycles. The van der Waals surface area contributed by atoms with Gasteiger partial charge in [0.15, 0.2) is 0 Å². The third kappa shape index (κ3) is 4.41. The van der Waals surface area contributed by atoms with Crippen molar-refractivity contribution < 1.29 is 24.5 Å². The highest BCUT2D eigenvalue weighted by molar-refractivity contribution is 5.77. The molecule has 2 N–H and O–H groups in total. The van der Waals surface area contributed by atoms with Gasteiger partial charge >= 0.3 is 5.97 Å². The van der Waals surface area contributed by atoms with E-state index in [0.717, 1.165) is 5.56 Å². The van der Waals surface area contributed by atoms with E-state index in [9.17, 15) is 15.0 Å². The summed E-state index contributed by atoms with van der Waals surface area (Å²) in [6, 6.07) is 11.8. The van der Waals surface area contributed by atoms with Gasteiger partial charge in [-0.15, -0.1) is 0 Å². The minimum Gasteiger partial charge on any atom is -0.508 e. The third-order valence-corrected chi connectivity index (χ3v) is 3.64. The van der Waals surface area contributed by atoms with Crippen LogP contribution < -0.4 is 9.47 Å². The Kier molecular flexibility index (Phi) is 6.07. The van der Waals surface area contributed by atoms with Crippen LogP contribution in [0.1, 0.15) is 30.9 Å². The van der Waals surface area contributed by atoms with E-state index in [1.54, 1.807) is 18.2 Å². The number of benzene rings is 2. The maximum Gasteiger partial charge on any atom is 0.311 e. The van der Waals surface area contributed by atoms with Gasteiger partial charge in [-0.1, -0.05) is 18.2 Å². The number of carboxylic acid groups (broad SMARTS) is 1. The maximum absolute atomic E-state index is 11.7. The molecular weight excluding hydrogens is 308 g/mol. The van der Waals surface area contributed by atoms with Crippen LogP contribution in [0, 0.1) is 0 Å². The number of ether oxygens (including phenoxy) is 2. The largest absolute Gasteiger partial charge is 0.508 e. The lowest BCUT2D eigenvalue weighted by Crippen LogP contribution is -2.15. The molecule has 0 aliphatic carbocycles. The zero-order valence-electron chi connectivity index (χ0n) is 13.9. The van der Waals surface area contributed by atoms with Crippen molar-refractivity contribution in [2.45, 2.75) is 26.2 Å². The number of phenolic OH excluding ortho intramolecular Hbond substituents is 1. The zero-order chi connectivity index (χ0) is 17.5. The van der Waals surface area contributed by atoms with Crippen molar-refractivity contribution in [2.24, 2.45) is 0 Å². The van der Waals surface area contributed by atoms with Gasteiger partial charge in [-0.3, -0.25) is 4.79 Å². The van der Waals surface area contributed by atoms with E-state index in [0.29, 0.717) is 30.3 Å². The Labute approximate surface area is 141 Å². The minimum absolute atomic E-state index is 0.0514. The van der Waals surface area contributed by atoms with Crippen LogP contribution in [0.3, 0.4) is 0 Å². The summed E-state index contributed by atoms with van der Waals surface area (Å²) < 4.78 is 11.1. The van der Waals surface area contributed by atoms with Crippen molar-refractivity contribution in [3.63, 3.8) is 0 Å². The average Bonchev–Trinajstić information content (AvgIpc) is 2.54. The molecule has 128 valence electrons. The Bertz CT molecular complexity index is 696. The molecule has 0 radical (unpaired) electrons. The van der Waals surface area contributed by atoms with Gasteiger partial charge in [0.1, 0.15) is 17.2 Å². The molecule has 0 saturated carbocycles. The van der Waals surface area contributed by atoms with Crippen molar-refractivity contribution in [1.29, 1.82) is 0 Å². The van der Waals surface area contributed by atoms with Gasteiger partial charge in [-0.2, -0.15) is 0 Å². The second-order valence-electron chi connectivity index (χ2n) is 5.33. The molecule has 0 aromatic heterocycles. The fourth-order valence-corrected chi connectivity index (χ4v) is 2.56. The van der Waals surface area contributed by atoms with E-state index in [4.69, 9.17) is 9.47 Å². The Morgan fingerprint density at radius 3 is 2.46 bits per heavy atom. The molecule has 0 spiro atoms. The van der Waals surface area contributed by atoms with Gasteiger partial charge in [-0.25, -0.2) is 0 Å². The number of phenols is 1. The van der Waals surface area contributed by atoms with Crippen LogP contribution in [-0.2, 0) is 11.2 Å². The fraction of sp³-hybridized carbons (Fsp3) is 0.316. The fourth-order valence-electron chi connectivity index (χ4n) is 2.56. The van der Waals surface area contributed by atoms with Gasteiger partial charge in [0.25, 0.3) is 0 Å². The first kappa shape index (κ1) is 17.7. The minimum atomic E-state index is -0.947. The molecule has 1 unspecified atom stereocenters. The number of aliphatic carboxylic acids is 1.